The molecule has 0 spiro atoms. The van der Waals surface area contributed by atoms with Crippen LogP contribution in [0.4, 0.5) is 0 Å². The number of rotatable bonds is 0. The quantitative estimate of drug-likeness (QED) is 0.642. The topological polar surface area (TPSA) is 17.1 Å². The Bertz CT molecular complexity index is 317. The average Bonchev–Trinajstić information content (AvgIpc) is 2.33. The number of fused-ring (bicyclic) bond motifs is 1. The van der Waals surface area contributed by atoms with E-state index in [1.54, 1.807) is 6.42 Å². The number of hydrogen-bond donors (Lipinski definition) is 0. The highest BCUT2D eigenvalue weighted by Gasteiger charge is 2.18. The van der Waals surface area contributed by atoms with Gasteiger partial charge < -0.3 is 0 Å². The smallest absolute Gasteiger partial charge is 0.167 e. The third kappa shape index (κ3) is 1.11. The molecule has 0 aliphatic heterocycles. The van der Waals surface area contributed by atoms with E-state index in [1.807, 2.05) is 18.2 Å². The second-order valence-corrected chi connectivity index (χ2v) is 3.49. The van der Waals surface area contributed by atoms with Gasteiger partial charge >= 0.3 is 0 Å². The summed E-state index contributed by atoms with van der Waals surface area (Å²) in [6.07, 6.45) is 2.51. The van der Waals surface area contributed by atoms with Crippen molar-refractivity contribution in [2.24, 2.45) is 0 Å². The van der Waals surface area contributed by atoms with Gasteiger partial charge in [-0.15, -0.1) is 0 Å². The fourth-order valence-corrected chi connectivity index (χ4v) is 1.63. The minimum atomic E-state index is 0.154. The summed E-state index contributed by atoms with van der Waals surface area (Å²) < 4.78 is 0.972. The molecule has 1 aliphatic rings. The van der Waals surface area contributed by atoms with Crippen molar-refractivity contribution in [3.63, 3.8) is 0 Å². The SMILES string of the molecule is O=C1[CH]Cc2ccc(Br)cc21. The first-order valence-corrected chi connectivity index (χ1v) is 4.22. The van der Waals surface area contributed by atoms with E-state index in [9.17, 15) is 4.79 Å². The zero-order chi connectivity index (χ0) is 7.84. The second-order valence-electron chi connectivity index (χ2n) is 2.57. The lowest BCUT2D eigenvalue weighted by atomic mass is 10.1. The van der Waals surface area contributed by atoms with Gasteiger partial charge in [0.1, 0.15) is 0 Å². The van der Waals surface area contributed by atoms with Gasteiger partial charge in [-0.3, -0.25) is 4.79 Å². The van der Waals surface area contributed by atoms with Crippen LogP contribution in [0.3, 0.4) is 0 Å². The number of hydrogen-bond acceptors (Lipinski definition) is 1. The third-order valence-electron chi connectivity index (χ3n) is 1.84. The Balaban J connectivity index is 2.60. The van der Waals surface area contributed by atoms with Gasteiger partial charge in [-0.05, 0) is 24.1 Å². The maximum absolute atomic E-state index is 11.1. The Kier molecular flexibility index (Phi) is 1.57. The lowest BCUT2D eigenvalue weighted by Crippen LogP contribution is -1.90. The number of benzene rings is 1. The highest BCUT2D eigenvalue weighted by Crippen LogP contribution is 2.24. The highest BCUT2D eigenvalue weighted by atomic mass is 79.9. The summed E-state index contributed by atoms with van der Waals surface area (Å²) in [5.41, 5.74) is 1.98. The van der Waals surface area contributed by atoms with E-state index in [1.165, 1.54) is 0 Å². The predicted octanol–water partition coefficient (Wildman–Crippen LogP) is 2.39. The van der Waals surface area contributed by atoms with Crippen LogP contribution in [0.2, 0.25) is 0 Å². The van der Waals surface area contributed by atoms with Crippen LogP contribution in [0.15, 0.2) is 22.7 Å². The number of carbonyl (C=O) groups excluding carboxylic acids is 1. The van der Waals surface area contributed by atoms with Crippen molar-refractivity contribution in [3.05, 3.63) is 40.2 Å². The van der Waals surface area contributed by atoms with Crippen LogP contribution in [0.25, 0.3) is 0 Å². The first kappa shape index (κ1) is 7.04. The van der Waals surface area contributed by atoms with Crippen molar-refractivity contribution in [1.29, 1.82) is 0 Å². The van der Waals surface area contributed by atoms with E-state index in [4.69, 9.17) is 0 Å². The number of halogens is 1. The summed E-state index contributed by atoms with van der Waals surface area (Å²) in [4.78, 5) is 11.1. The molecular weight excluding hydrogens is 204 g/mol. The Morgan fingerprint density at radius 2 is 2.18 bits per heavy atom. The molecule has 2 rings (SSSR count). The molecule has 0 unspecified atom stereocenters. The molecule has 0 saturated heterocycles. The van der Waals surface area contributed by atoms with Crippen molar-refractivity contribution < 1.29 is 4.79 Å². The molecule has 0 aromatic heterocycles. The Morgan fingerprint density at radius 1 is 1.36 bits per heavy atom. The van der Waals surface area contributed by atoms with E-state index in [0.717, 1.165) is 22.0 Å². The average molecular weight is 210 g/mol. The minimum absolute atomic E-state index is 0.154. The van der Waals surface area contributed by atoms with Crippen LogP contribution < -0.4 is 0 Å². The molecule has 0 N–H and O–H groups in total. The first-order valence-electron chi connectivity index (χ1n) is 3.43. The lowest BCUT2D eigenvalue weighted by molar-refractivity contribution is 0.103. The third-order valence-corrected chi connectivity index (χ3v) is 2.34. The molecule has 1 radical (unpaired) electrons. The van der Waals surface area contributed by atoms with E-state index >= 15 is 0 Å². The molecule has 11 heavy (non-hydrogen) atoms. The molecule has 55 valence electrons. The van der Waals surface area contributed by atoms with Gasteiger partial charge in [0.25, 0.3) is 0 Å². The van der Waals surface area contributed by atoms with Crippen molar-refractivity contribution in [1.82, 2.24) is 0 Å². The van der Waals surface area contributed by atoms with E-state index in [0.29, 0.717) is 0 Å². The van der Waals surface area contributed by atoms with Crippen LogP contribution in [0.1, 0.15) is 15.9 Å². The fraction of sp³-hybridized carbons (Fsp3) is 0.111. The molecule has 0 atom stereocenters. The molecule has 1 aliphatic carbocycles. The van der Waals surface area contributed by atoms with Gasteiger partial charge in [-0.25, -0.2) is 0 Å². The summed E-state index contributed by atoms with van der Waals surface area (Å²) in [5.74, 6) is 0.154. The Hall–Kier alpha value is -0.630. The molecule has 0 fully saturated rings. The van der Waals surface area contributed by atoms with Gasteiger partial charge in [0, 0.05) is 16.5 Å². The molecule has 1 aromatic carbocycles. The zero-order valence-electron chi connectivity index (χ0n) is 5.80. The summed E-state index contributed by atoms with van der Waals surface area (Å²) in [7, 11) is 0. The Labute approximate surface area is 73.5 Å². The standard InChI is InChI=1S/C9H6BrO/c10-7-3-1-6-2-4-9(11)8(6)5-7/h1,3-5H,2H2. The van der Waals surface area contributed by atoms with Crippen LogP contribution in [0.5, 0.6) is 0 Å². The molecular formula is C9H6BrO. The highest BCUT2D eigenvalue weighted by molar-refractivity contribution is 9.10. The van der Waals surface area contributed by atoms with Gasteiger partial charge in [0.2, 0.25) is 0 Å². The maximum Gasteiger partial charge on any atom is 0.167 e. The number of carbonyl (C=O) groups is 1. The maximum atomic E-state index is 11.1. The second kappa shape index (κ2) is 2.45. The van der Waals surface area contributed by atoms with E-state index < -0.39 is 0 Å². The lowest BCUT2D eigenvalue weighted by Gasteiger charge is -1.95. The van der Waals surface area contributed by atoms with Crippen molar-refractivity contribution in [2.45, 2.75) is 6.42 Å². The molecule has 0 amide bonds. The van der Waals surface area contributed by atoms with E-state index in [-0.39, 0.29) is 5.78 Å². The first-order chi connectivity index (χ1) is 5.27. The van der Waals surface area contributed by atoms with Gasteiger partial charge in [-0.2, -0.15) is 0 Å². The van der Waals surface area contributed by atoms with Crippen LogP contribution >= 0.6 is 15.9 Å². The van der Waals surface area contributed by atoms with Gasteiger partial charge in [0.05, 0.1) is 0 Å². The summed E-state index contributed by atoms with van der Waals surface area (Å²) >= 11 is 3.33. The number of Topliss-reactive ketones (excluding diaryl/α,β-unsaturated/α-hetero) is 1. The predicted molar refractivity (Wildman–Crippen MR) is 46.5 cm³/mol. The molecule has 1 nitrogen and oxygen atoms in total. The van der Waals surface area contributed by atoms with Crippen molar-refractivity contribution in [3.8, 4) is 0 Å². The normalized spacial score (nSPS) is 15.2. The summed E-state index contributed by atoms with van der Waals surface area (Å²) in [6.45, 7) is 0. The molecule has 0 saturated carbocycles. The summed E-state index contributed by atoms with van der Waals surface area (Å²) in [6, 6.07) is 5.83. The molecule has 0 heterocycles. The Morgan fingerprint density at radius 3 is 3.00 bits per heavy atom. The van der Waals surface area contributed by atoms with Crippen LogP contribution in [-0.4, -0.2) is 5.78 Å². The molecule has 1 aromatic rings. The fourth-order valence-electron chi connectivity index (χ4n) is 1.27. The van der Waals surface area contributed by atoms with Crippen LogP contribution in [-0.2, 0) is 6.42 Å². The molecule has 2 heteroatoms. The monoisotopic (exact) mass is 209 g/mol. The van der Waals surface area contributed by atoms with Crippen molar-refractivity contribution >= 4 is 21.7 Å². The van der Waals surface area contributed by atoms with Gasteiger partial charge in [-0.1, -0.05) is 22.0 Å². The minimum Gasteiger partial charge on any atom is -0.294 e. The summed E-state index contributed by atoms with van der Waals surface area (Å²) in [5, 5.41) is 0. The largest absolute Gasteiger partial charge is 0.294 e. The van der Waals surface area contributed by atoms with Crippen molar-refractivity contribution in [2.75, 3.05) is 0 Å². The number of ketones is 1. The van der Waals surface area contributed by atoms with E-state index in [2.05, 4.69) is 15.9 Å². The molecule has 0 bridgehead atoms. The van der Waals surface area contributed by atoms with Gasteiger partial charge in [0.15, 0.2) is 5.78 Å². The van der Waals surface area contributed by atoms with Crippen LogP contribution in [0, 0.1) is 6.42 Å². The zero-order valence-corrected chi connectivity index (χ0v) is 7.39.